The molecule has 2 aromatic carbocycles. The summed E-state index contributed by atoms with van der Waals surface area (Å²) in [7, 11) is 0. The topological polar surface area (TPSA) is 107 Å². The Bertz CT molecular complexity index is 1190. The van der Waals surface area contributed by atoms with Crippen LogP contribution in [0.4, 0.5) is 4.39 Å². The Hall–Kier alpha value is -3.79. The molecule has 3 aromatic rings. The molecule has 0 aliphatic heterocycles. The Morgan fingerprint density at radius 3 is 2.43 bits per heavy atom. The first-order chi connectivity index (χ1) is 17.7. The molecule has 0 spiro atoms. The lowest BCUT2D eigenvalue weighted by Crippen LogP contribution is -2.23. The summed E-state index contributed by atoms with van der Waals surface area (Å²) in [6.45, 7) is 8.84. The number of benzene rings is 2. The van der Waals surface area contributed by atoms with E-state index in [1.54, 1.807) is 18.2 Å². The zero-order valence-electron chi connectivity index (χ0n) is 21.7. The van der Waals surface area contributed by atoms with Gasteiger partial charge < -0.3 is 20.1 Å². The average Bonchev–Trinajstić information content (AvgIpc) is 3.37. The SMILES string of the molecule is CCNC(=O)c1ccc(-n2cc(C(=O)NCc3ccc(C(C)(C)C)cc3)nn2)c(OCCOCCF)c1. The maximum atomic E-state index is 12.7. The van der Waals surface area contributed by atoms with Gasteiger partial charge in [0.25, 0.3) is 11.8 Å². The summed E-state index contributed by atoms with van der Waals surface area (Å²) in [5.74, 6) is -0.266. The highest BCUT2D eigenvalue weighted by Gasteiger charge is 2.17. The number of hydrogen-bond acceptors (Lipinski definition) is 6. The Balaban J connectivity index is 1.71. The second kappa shape index (κ2) is 13.0. The molecule has 1 aromatic heterocycles. The van der Waals surface area contributed by atoms with Crippen molar-refractivity contribution in [1.29, 1.82) is 0 Å². The maximum Gasteiger partial charge on any atom is 0.273 e. The van der Waals surface area contributed by atoms with Crippen LogP contribution in [-0.2, 0) is 16.7 Å². The molecule has 1 heterocycles. The highest BCUT2D eigenvalue weighted by atomic mass is 19.1. The minimum absolute atomic E-state index is 0.0164. The van der Waals surface area contributed by atoms with Crippen molar-refractivity contribution < 1.29 is 23.5 Å². The molecule has 2 amide bonds. The van der Waals surface area contributed by atoms with Crippen LogP contribution in [0.15, 0.2) is 48.7 Å². The molecule has 0 unspecified atom stereocenters. The van der Waals surface area contributed by atoms with Crippen LogP contribution < -0.4 is 15.4 Å². The summed E-state index contributed by atoms with van der Waals surface area (Å²) in [4.78, 5) is 25.0. The van der Waals surface area contributed by atoms with Gasteiger partial charge in [-0.25, -0.2) is 9.07 Å². The summed E-state index contributed by atoms with van der Waals surface area (Å²) in [5, 5.41) is 13.7. The monoisotopic (exact) mass is 511 g/mol. The fourth-order valence-electron chi connectivity index (χ4n) is 3.47. The number of carbonyl (C=O) groups is 2. The number of aromatic nitrogens is 3. The number of hydrogen-bond donors (Lipinski definition) is 2. The molecule has 0 aliphatic carbocycles. The first-order valence-corrected chi connectivity index (χ1v) is 12.2. The van der Waals surface area contributed by atoms with Crippen molar-refractivity contribution in [2.45, 2.75) is 39.7 Å². The van der Waals surface area contributed by atoms with E-state index in [1.807, 2.05) is 19.1 Å². The summed E-state index contributed by atoms with van der Waals surface area (Å²) >= 11 is 0. The summed E-state index contributed by atoms with van der Waals surface area (Å²) in [6.07, 6.45) is 1.49. The molecule has 10 heteroatoms. The van der Waals surface area contributed by atoms with Crippen molar-refractivity contribution >= 4 is 11.8 Å². The smallest absolute Gasteiger partial charge is 0.273 e. The highest BCUT2D eigenvalue weighted by Crippen LogP contribution is 2.25. The van der Waals surface area contributed by atoms with Crippen LogP contribution in [0.25, 0.3) is 5.69 Å². The zero-order valence-corrected chi connectivity index (χ0v) is 21.7. The molecular formula is C27H34FN5O4. The molecule has 0 fully saturated rings. The Kier molecular flexibility index (Phi) is 9.73. The Labute approximate surface area is 216 Å². The molecule has 37 heavy (non-hydrogen) atoms. The predicted molar refractivity (Wildman–Crippen MR) is 138 cm³/mol. The minimum atomic E-state index is -0.579. The van der Waals surface area contributed by atoms with Gasteiger partial charge in [-0.3, -0.25) is 9.59 Å². The second-order valence-corrected chi connectivity index (χ2v) is 9.37. The number of halogens is 1. The molecule has 0 atom stereocenters. The summed E-state index contributed by atoms with van der Waals surface area (Å²) in [5.41, 5.74) is 3.28. The minimum Gasteiger partial charge on any atom is -0.489 e. The van der Waals surface area contributed by atoms with E-state index in [4.69, 9.17) is 9.47 Å². The third-order valence-corrected chi connectivity index (χ3v) is 5.51. The van der Waals surface area contributed by atoms with Crippen molar-refractivity contribution in [3.05, 3.63) is 71.0 Å². The quantitative estimate of drug-likeness (QED) is 0.360. The zero-order chi connectivity index (χ0) is 26.8. The molecule has 0 saturated heterocycles. The van der Waals surface area contributed by atoms with Gasteiger partial charge in [-0.1, -0.05) is 50.3 Å². The van der Waals surface area contributed by atoms with E-state index in [2.05, 4.69) is 53.8 Å². The van der Waals surface area contributed by atoms with E-state index >= 15 is 0 Å². The lowest BCUT2D eigenvalue weighted by molar-refractivity contribution is 0.0894. The molecule has 198 valence electrons. The first-order valence-electron chi connectivity index (χ1n) is 12.2. The molecule has 0 saturated carbocycles. The Morgan fingerprint density at radius 1 is 1.00 bits per heavy atom. The fourth-order valence-corrected chi connectivity index (χ4v) is 3.47. The van der Waals surface area contributed by atoms with Crippen molar-refractivity contribution in [2.75, 3.05) is 33.0 Å². The van der Waals surface area contributed by atoms with Crippen LogP contribution in [0.5, 0.6) is 5.75 Å². The first kappa shape index (κ1) is 27.8. The van der Waals surface area contributed by atoms with Gasteiger partial charge in [0.05, 0.1) is 19.4 Å². The maximum absolute atomic E-state index is 12.7. The van der Waals surface area contributed by atoms with Crippen LogP contribution in [0.3, 0.4) is 0 Å². The van der Waals surface area contributed by atoms with Crippen LogP contribution in [0.2, 0.25) is 0 Å². The van der Waals surface area contributed by atoms with E-state index < -0.39 is 6.67 Å². The standard InChI is InChI=1S/C27H34FN5O4/c1-5-29-25(34)20-8-11-23(24(16-20)37-15-14-36-13-12-28)33-18-22(31-32-33)26(35)30-17-19-6-9-21(10-7-19)27(2,3)4/h6-11,16,18H,5,12-15,17H2,1-4H3,(H,29,34)(H,30,35). The van der Waals surface area contributed by atoms with Crippen molar-refractivity contribution in [3.63, 3.8) is 0 Å². The van der Waals surface area contributed by atoms with E-state index in [1.165, 1.54) is 16.4 Å². The normalized spacial score (nSPS) is 11.3. The summed E-state index contributed by atoms with van der Waals surface area (Å²) < 4.78 is 24.6. The molecule has 3 rings (SSSR count). The van der Waals surface area contributed by atoms with E-state index in [0.717, 1.165) is 5.56 Å². The lowest BCUT2D eigenvalue weighted by Gasteiger charge is -2.19. The van der Waals surface area contributed by atoms with Crippen LogP contribution in [0.1, 0.15) is 59.7 Å². The number of nitrogens with zero attached hydrogens (tertiary/aromatic N) is 3. The molecular weight excluding hydrogens is 477 g/mol. The van der Waals surface area contributed by atoms with Crippen molar-refractivity contribution in [3.8, 4) is 11.4 Å². The molecule has 9 nitrogen and oxygen atoms in total. The molecule has 0 bridgehead atoms. The van der Waals surface area contributed by atoms with Gasteiger partial charge in [0.1, 0.15) is 24.7 Å². The fraction of sp³-hybridized carbons (Fsp3) is 0.407. The molecule has 0 aliphatic rings. The highest BCUT2D eigenvalue weighted by molar-refractivity contribution is 5.95. The number of alkyl halides is 1. The van der Waals surface area contributed by atoms with E-state index in [0.29, 0.717) is 30.1 Å². The van der Waals surface area contributed by atoms with Crippen LogP contribution in [0, 0.1) is 0 Å². The van der Waals surface area contributed by atoms with Gasteiger partial charge in [-0.05, 0) is 41.7 Å². The van der Waals surface area contributed by atoms with Crippen molar-refractivity contribution in [2.24, 2.45) is 0 Å². The number of amides is 2. The second-order valence-electron chi connectivity index (χ2n) is 9.37. The van der Waals surface area contributed by atoms with Crippen molar-refractivity contribution in [1.82, 2.24) is 25.6 Å². The van der Waals surface area contributed by atoms with Gasteiger partial charge in [-0.15, -0.1) is 5.10 Å². The largest absolute Gasteiger partial charge is 0.489 e. The number of rotatable bonds is 12. The van der Waals surface area contributed by atoms with Gasteiger partial charge in [0.15, 0.2) is 5.69 Å². The molecule has 2 N–H and O–H groups in total. The van der Waals surface area contributed by atoms with Gasteiger partial charge in [-0.2, -0.15) is 0 Å². The average molecular weight is 512 g/mol. The van der Waals surface area contributed by atoms with Gasteiger partial charge in [0.2, 0.25) is 0 Å². The third kappa shape index (κ3) is 7.85. The van der Waals surface area contributed by atoms with E-state index in [9.17, 15) is 14.0 Å². The number of nitrogens with one attached hydrogen (secondary N) is 2. The Morgan fingerprint density at radius 2 is 1.76 bits per heavy atom. The van der Waals surface area contributed by atoms with Crippen LogP contribution in [-0.4, -0.2) is 59.8 Å². The van der Waals surface area contributed by atoms with Gasteiger partial charge >= 0.3 is 0 Å². The summed E-state index contributed by atoms with van der Waals surface area (Å²) in [6, 6.07) is 13.0. The number of carbonyl (C=O) groups excluding carboxylic acids is 2. The van der Waals surface area contributed by atoms with E-state index in [-0.39, 0.29) is 42.7 Å². The lowest BCUT2D eigenvalue weighted by atomic mass is 9.87. The van der Waals surface area contributed by atoms with Gasteiger partial charge in [0, 0.05) is 18.7 Å². The van der Waals surface area contributed by atoms with Crippen LogP contribution >= 0.6 is 0 Å². The predicted octanol–water partition coefficient (Wildman–Crippen LogP) is 3.61. The number of ether oxygens (including phenoxy) is 2. The molecule has 0 radical (unpaired) electrons. The third-order valence-electron chi connectivity index (χ3n) is 5.51.